The molecule has 1 fully saturated rings. The van der Waals surface area contributed by atoms with E-state index in [1.54, 1.807) is 0 Å². The average Bonchev–Trinajstić information content (AvgIpc) is 2.74. The largest absolute Gasteiger partial charge is 1.00 e. The minimum atomic E-state index is -1.79. The number of carboxylic acid groups (broad SMARTS) is 1. The van der Waals surface area contributed by atoms with E-state index >= 15 is 0 Å². The summed E-state index contributed by atoms with van der Waals surface area (Å²) >= 11 is 0. The summed E-state index contributed by atoms with van der Waals surface area (Å²) in [6.07, 6.45) is 4.24. The van der Waals surface area contributed by atoms with E-state index in [0.29, 0.717) is 6.54 Å². The summed E-state index contributed by atoms with van der Waals surface area (Å²) in [5, 5.41) is 52.9. The number of rotatable bonds is 15. The Hall–Kier alpha value is -0.520. The number of unbranched alkanes of at least 4 members (excludes halogenated alkanes) is 9. The molecule has 1 unspecified atom stereocenters. The smallest absolute Gasteiger partial charge is 0.545 e. The van der Waals surface area contributed by atoms with Gasteiger partial charge >= 0.3 is 29.6 Å². The van der Waals surface area contributed by atoms with Gasteiger partial charge in [-0.05, 0) is 6.42 Å². The molecule has 1 saturated heterocycles. The molecule has 0 aromatic carbocycles. The van der Waals surface area contributed by atoms with Gasteiger partial charge in [-0.3, -0.25) is 4.79 Å². The summed E-state index contributed by atoms with van der Waals surface area (Å²) < 4.78 is 5.19. The van der Waals surface area contributed by atoms with E-state index in [9.17, 15) is 35.1 Å². The van der Waals surface area contributed by atoms with Gasteiger partial charge in [-0.25, -0.2) is 0 Å². The fourth-order valence-electron chi connectivity index (χ4n) is 3.63. The number of aliphatic carboxylic acids is 1. The second-order valence-corrected chi connectivity index (χ2v) is 8.11. The van der Waals surface area contributed by atoms with E-state index in [4.69, 9.17) is 4.74 Å². The van der Waals surface area contributed by atoms with Crippen LogP contribution in [0.1, 0.15) is 71.1 Å². The molecule has 10 heteroatoms. The molecular formula is C22H38NNaO8. The summed E-state index contributed by atoms with van der Waals surface area (Å²) in [6.45, 7) is 1.87. The van der Waals surface area contributed by atoms with Crippen molar-refractivity contribution in [2.75, 3.05) is 13.2 Å². The number of hydrogen-bond acceptors (Lipinski definition) is 8. The number of nitrogens with one attached hydrogen (secondary N) is 1. The van der Waals surface area contributed by atoms with Crippen molar-refractivity contribution in [3.8, 4) is 0 Å². The van der Waals surface area contributed by atoms with E-state index in [1.165, 1.54) is 38.5 Å². The van der Waals surface area contributed by atoms with Gasteiger partial charge in [0.2, 0.25) is 5.91 Å². The van der Waals surface area contributed by atoms with E-state index in [2.05, 4.69) is 12.2 Å². The van der Waals surface area contributed by atoms with Crippen molar-refractivity contribution in [2.45, 2.75) is 102 Å². The molecule has 0 bridgehead atoms. The fourth-order valence-corrected chi connectivity index (χ4v) is 3.63. The maximum atomic E-state index is 12.1. The molecule has 9 nitrogen and oxygen atoms in total. The van der Waals surface area contributed by atoms with Crippen LogP contribution in [0.25, 0.3) is 0 Å². The molecule has 0 radical (unpaired) electrons. The Morgan fingerprint density at radius 2 is 1.44 bits per heavy atom. The molecule has 0 spiro atoms. The third-order valence-corrected chi connectivity index (χ3v) is 5.55. The maximum absolute atomic E-state index is 12.1. The van der Waals surface area contributed by atoms with Crippen LogP contribution in [0.4, 0.5) is 0 Å². The summed E-state index contributed by atoms with van der Waals surface area (Å²) in [7, 11) is 0. The van der Waals surface area contributed by atoms with Gasteiger partial charge in [0.25, 0.3) is 0 Å². The van der Waals surface area contributed by atoms with Crippen LogP contribution in [-0.2, 0) is 14.3 Å². The molecule has 1 aliphatic rings. The third-order valence-electron chi connectivity index (χ3n) is 5.55. The third kappa shape index (κ3) is 11.1. The second-order valence-electron chi connectivity index (χ2n) is 8.11. The van der Waals surface area contributed by atoms with Crippen LogP contribution >= 0.6 is 0 Å². The first-order valence-electron chi connectivity index (χ1n) is 11.3. The zero-order valence-corrected chi connectivity index (χ0v) is 21.4. The van der Waals surface area contributed by atoms with Gasteiger partial charge < -0.3 is 40.4 Å². The Morgan fingerprint density at radius 1 is 0.906 bits per heavy atom. The summed E-state index contributed by atoms with van der Waals surface area (Å²) in [4.78, 5) is 23.6. The van der Waals surface area contributed by atoms with Crippen molar-refractivity contribution in [3.63, 3.8) is 0 Å². The average molecular weight is 468 g/mol. The number of hydrogen-bond donors (Lipinski definition) is 5. The van der Waals surface area contributed by atoms with E-state index < -0.39 is 54.6 Å². The summed E-state index contributed by atoms with van der Waals surface area (Å²) in [5.41, 5.74) is -0.669. The normalized spacial score (nSPS) is 25.8. The SMILES string of the molecule is CCCCCCCCCCCCNC(=O)/C=C(\C(=O)[O-])C1O[C@H](CO)[C@@H](O)[C@H](O)[C@H]1O.[Na+]. The molecular weight excluding hydrogens is 429 g/mol. The molecule has 0 aromatic heterocycles. The number of aliphatic hydroxyl groups is 4. The van der Waals surface area contributed by atoms with E-state index in [-0.39, 0.29) is 29.6 Å². The first-order chi connectivity index (χ1) is 14.8. The summed E-state index contributed by atoms with van der Waals surface area (Å²) in [5.74, 6) is -2.44. The maximum Gasteiger partial charge on any atom is 1.00 e. The van der Waals surface area contributed by atoms with Gasteiger partial charge in [0.1, 0.15) is 30.5 Å². The van der Waals surface area contributed by atoms with Crippen molar-refractivity contribution in [2.24, 2.45) is 0 Å². The zero-order valence-electron chi connectivity index (χ0n) is 19.4. The van der Waals surface area contributed by atoms with E-state index in [0.717, 1.165) is 31.8 Å². The Balaban J connectivity index is 0.00000961. The Kier molecular flexibility index (Phi) is 17.6. The van der Waals surface area contributed by atoms with Crippen LogP contribution in [0.5, 0.6) is 0 Å². The minimum absolute atomic E-state index is 0. The molecule has 5 N–H and O–H groups in total. The molecule has 1 heterocycles. The van der Waals surface area contributed by atoms with Crippen LogP contribution in [-0.4, -0.2) is 76.0 Å². The second kappa shape index (κ2) is 17.9. The monoisotopic (exact) mass is 467 g/mol. The van der Waals surface area contributed by atoms with Crippen LogP contribution in [0, 0.1) is 0 Å². The van der Waals surface area contributed by atoms with Crippen LogP contribution in [0.15, 0.2) is 11.6 Å². The topological polar surface area (TPSA) is 159 Å². The van der Waals surface area contributed by atoms with Crippen LogP contribution in [0.3, 0.4) is 0 Å². The number of amides is 1. The number of aliphatic hydroxyl groups excluding tert-OH is 4. The number of carboxylic acids is 1. The van der Waals surface area contributed by atoms with Gasteiger partial charge in [-0.1, -0.05) is 64.7 Å². The van der Waals surface area contributed by atoms with Crippen molar-refractivity contribution < 1.29 is 69.4 Å². The number of ether oxygens (including phenoxy) is 1. The Labute approximate surface area is 212 Å². The predicted octanol–water partition coefficient (Wildman–Crippen LogP) is -3.45. The molecule has 0 saturated carbocycles. The van der Waals surface area contributed by atoms with Crippen molar-refractivity contribution >= 4 is 11.9 Å². The van der Waals surface area contributed by atoms with Crippen molar-refractivity contribution in [3.05, 3.63) is 11.6 Å². The van der Waals surface area contributed by atoms with E-state index in [1.807, 2.05) is 0 Å². The van der Waals surface area contributed by atoms with Crippen LogP contribution < -0.4 is 40.0 Å². The molecule has 1 amide bonds. The Bertz CT molecular complexity index is 572. The van der Waals surface area contributed by atoms with Gasteiger partial charge in [0, 0.05) is 18.2 Å². The zero-order chi connectivity index (χ0) is 23.2. The first kappa shape index (κ1) is 31.5. The molecule has 0 aliphatic carbocycles. The Morgan fingerprint density at radius 3 is 1.94 bits per heavy atom. The molecule has 32 heavy (non-hydrogen) atoms. The molecule has 1 rings (SSSR count). The standard InChI is InChI=1S/C22H39NO8.Na/c1-2-3-4-5-6-7-8-9-10-11-12-23-17(25)13-15(22(29)30)21-20(28)19(27)18(26)16(14-24)31-21;/h13,16,18-21,24,26-28H,2-12,14H2,1H3,(H,23,25)(H,29,30);/q;+1/p-1/b15-13-;/t16-,18-,19+,20-,21?;/m1./s1. The van der Waals surface area contributed by atoms with Gasteiger partial charge in [-0.2, -0.15) is 0 Å². The molecule has 0 aromatic rings. The number of carbonyl (C=O) groups excluding carboxylic acids is 2. The fraction of sp³-hybridized carbons (Fsp3) is 0.818. The van der Waals surface area contributed by atoms with Crippen LogP contribution in [0.2, 0.25) is 0 Å². The number of carbonyl (C=O) groups is 2. The first-order valence-corrected chi connectivity index (χ1v) is 11.3. The molecule has 180 valence electrons. The van der Waals surface area contributed by atoms with Gasteiger partial charge in [0.05, 0.1) is 12.6 Å². The van der Waals surface area contributed by atoms with Gasteiger partial charge in [0.15, 0.2) is 0 Å². The summed E-state index contributed by atoms with van der Waals surface area (Å²) in [6, 6.07) is 0. The minimum Gasteiger partial charge on any atom is -0.545 e. The predicted molar refractivity (Wildman–Crippen MR) is 112 cm³/mol. The van der Waals surface area contributed by atoms with Crippen molar-refractivity contribution in [1.82, 2.24) is 5.32 Å². The van der Waals surface area contributed by atoms with Crippen molar-refractivity contribution in [1.29, 1.82) is 0 Å². The molecule has 5 atom stereocenters. The quantitative estimate of drug-likeness (QED) is 0.0944. The van der Waals surface area contributed by atoms with Gasteiger partial charge in [-0.15, -0.1) is 0 Å². The molecule has 1 aliphatic heterocycles.